The predicted octanol–water partition coefficient (Wildman–Crippen LogP) is 3.14. The van der Waals surface area contributed by atoms with E-state index in [1.54, 1.807) is 7.05 Å². The molecule has 5 rings (SSSR count). The highest BCUT2D eigenvalue weighted by Crippen LogP contribution is 2.64. The molecule has 2 aromatic carbocycles. The molecular formula is C26H29N3O4S. The van der Waals surface area contributed by atoms with Crippen LogP contribution in [0.3, 0.4) is 0 Å². The van der Waals surface area contributed by atoms with Crippen LogP contribution in [0, 0.1) is 16.7 Å². The molecule has 2 aliphatic carbocycles. The summed E-state index contributed by atoms with van der Waals surface area (Å²) < 4.78 is 29.4. The van der Waals surface area contributed by atoms with Crippen LogP contribution in [0.2, 0.25) is 0 Å². The van der Waals surface area contributed by atoms with Gasteiger partial charge in [-0.2, -0.15) is 4.72 Å². The van der Waals surface area contributed by atoms with Crippen molar-refractivity contribution in [3.8, 4) is 0 Å². The number of benzene rings is 2. The highest BCUT2D eigenvalue weighted by atomic mass is 32.2. The third-order valence-electron chi connectivity index (χ3n) is 8.26. The van der Waals surface area contributed by atoms with Gasteiger partial charge in [0.05, 0.1) is 17.2 Å². The van der Waals surface area contributed by atoms with Crippen LogP contribution in [0.15, 0.2) is 59.6 Å². The molecule has 2 bridgehead atoms. The highest BCUT2D eigenvalue weighted by molar-refractivity contribution is 7.89. The zero-order valence-corrected chi connectivity index (χ0v) is 20.4. The molecule has 3 unspecified atom stereocenters. The Kier molecular flexibility index (Phi) is 5.29. The van der Waals surface area contributed by atoms with E-state index in [2.05, 4.69) is 9.71 Å². The van der Waals surface area contributed by atoms with Crippen molar-refractivity contribution in [3.05, 3.63) is 65.7 Å². The summed E-state index contributed by atoms with van der Waals surface area (Å²) in [4.78, 5) is 32.4. The van der Waals surface area contributed by atoms with E-state index in [1.807, 2.05) is 68.4 Å². The Morgan fingerprint density at radius 2 is 1.74 bits per heavy atom. The standard InChI is InChI=1S/C26H29N3O4S/c1-25(2)18-13-14-26(25,21(30)15-18)16-34(32,33)28-23-24(31)29(3)20-12-8-7-11-19(20)22(27-23)17-9-5-4-6-10-17/h4-12,18,23,28H,13-16H2,1-3H3. The van der Waals surface area contributed by atoms with E-state index in [0.717, 1.165) is 17.5 Å². The first kappa shape index (κ1) is 22.9. The summed E-state index contributed by atoms with van der Waals surface area (Å²) in [5.74, 6) is -0.568. The number of ketones is 1. The Bertz CT molecular complexity index is 1300. The Hall–Kier alpha value is -2.84. The van der Waals surface area contributed by atoms with Crippen LogP contribution < -0.4 is 9.62 Å². The Morgan fingerprint density at radius 3 is 2.38 bits per heavy atom. The van der Waals surface area contributed by atoms with Gasteiger partial charge in [-0.15, -0.1) is 0 Å². The van der Waals surface area contributed by atoms with Gasteiger partial charge in [0.25, 0.3) is 5.91 Å². The van der Waals surface area contributed by atoms with Crippen molar-refractivity contribution in [2.45, 2.75) is 39.3 Å². The van der Waals surface area contributed by atoms with Gasteiger partial charge in [0.15, 0.2) is 6.17 Å². The lowest BCUT2D eigenvalue weighted by Crippen LogP contribution is -2.51. The van der Waals surface area contributed by atoms with E-state index in [9.17, 15) is 18.0 Å². The molecule has 2 fully saturated rings. The van der Waals surface area contributed by atoms with E-state index in [4.69, 9.17) is 0 Å². The van der Waals surface area contributed by atoms with Crippen LogP contribution in [0.1, 0.15) is 44.2 Å². The minimum Gasteiger partial charge on any atom is -0.312 e. The van der Waals surface area contributed by atoms with E-state index in [-0.39, 0.29) is 17.5 Å². The molecule has 178 valence electrons. The average molecular weight is 480 g/mol. The van der Waals surface area contributed by atoms with Crippen LogP contribution in [0.5, 0.6) is 0 Å². The minimum atomic E-state index is -4.00. The number of hydrogen-bond donors (Lipinski definition) is 1. The van der Waals surface area contributed by atoms with Gasteiger partial charge >= 0.3 is 0 Å². The first-order valence-corrected chi connectivity index (χ1v) is 13.2. The number of rotatable bonds is 5. The molecule has 1 aliphatic heterocycles. The van der Waals surface area contributed by atoms with Gasteiger partial charge in [-0.05, 0) is 30.2 Å². The van der Waals surface area contributed by atoms with Crippen LogP contribution in [-0.4, -0.2) is 44.8 Å². The van der Waals surface area contributed by atoms with Crippen molar-refractivity contribution in [2.75, 3.05) is 17.7 Å². The number of para-hydroxylation sites is 1. The summed E-state index contributed by atoms with van der Waals surface area (Å²) in [5.41, 5.74) is 1.41. The normalized spacial score (nSPS) is 28.0. The van der Waals surface area contributed by atoms with Crippen LogP contribution in [0.25, 0.3) is 0 Å². The number of anilines is 1. The number of fused-ring (bicyclic) bond motifs is 3. The van der Waals surface area contributed by atoms with Gasteiger partial charge < -0.3 is 4.90 Å². The molecule has 0 aromatic heterocycles. The largest absolute Gasteiger partial charge is 0.312 e. The number of nitrogens with zero attached hydrogens (tertiary/aromatic N) is 2. The third kappa shape index (κ3) is 3.43. The molecule has 3 atom stereocenters. The van der Waals surface area contributed by atoms with Gasteiger partial charge in [-0.25, -0.2) is 8.42 Å². The lowest BCUT2D eigenvalue weighted by molar-refractivity contribution is -0.128. The van der Waals surface area contributed by atoms with Crippen molar-refractivity contribution in [1.82, 2.24) is 4.72 Å². The summed E-state index contributed by atoms with van der Waals surface area (Å²) in [6.45, 7) is 4.00. The maximum atomic E-state index is 13.4. The predicted molar refractivity (Wildman–Crippen MR) is 131 cm³/mol. The fraction of sp³-hybridized carbons (Fsp3) is 0.423. The van der Waals surface area contributed by atoms with E-state index in [1.165, 1.54) is 4.90 Å². The SMILES string of the molecule is CN1C(=O)C(NS(=O)(=O)CC23CCC(CC2=O)C3(C)C)N=C(c2ccccc2)c2ccccc21. The molecule has 0 radical (unpaired) electrons. The first-order chi connectivity index (χ1) is 16.1. The summed E-state index contributed by atoms with van der Waals surface area (Å²) in [5, 5.41) is 0. The Balaban J connectivity index is 1.53. The van der Waals surface area contributed by atoms with Crippen LogP contribution in [-0.2, 0) is 19.6 Å². The highest BCUT2D eigenvalue weighted by Gasteiger charge is 2.65. The van der Waals surface area contributed by atoms with Crippen LogP contribution in [0.4, 0.5) is 5.69 Å². The van der Waals surface area contributed by atoms with E-state index < -0.39 is 32.9 Å². The second-order valence-electron chi connectivity index (χ2n) is 10.2. The number of aliphatic imine (C=N–C) groups is 1. The number of carbonyl (C=O) groups is 2. The number of sulfonamides is 1. The number of Topliss-reactive ketones (excluding diaryl/α,β-unsaturated/α-hetero) is 1. The molecule has 7 nitrogen and oxygen atoms in total. The molecule has 8 heteroatoms. The lowest BCUT2D eigenvalue weighted by atomic mass is 9.70. The molecule has 1 N–H and O–H groups in total. The molecule has 0 saturated heterocycles. The van der Waals surface area contributed by atoms with Gasteiger partial charge in [0.2, 0.25) is 10.0 Å². The molecule has 0 spiro atoms. The molecule has 34 heavy (non-hydrogen) atoms. The van der Waals surface area contributed by atoms with Gasteiger partial charge in [0, 0.05) is 30.0 Å². The zero-order valence-electron chi connectivity index (χ0n) is 19.6. The van der Waals surface area contributed by atoms with Crippen molar-refractivity contribution in [1.29, 1.82) is 0 Å². The number of likely N-dealkylation sites (N-methyl/N-ethyl adjacent to an activating group) is 1. The topological polar surface area (TPSA) is 95.9 Å². The summed E-state index contributed by atoms with van der Waals surface area (Å²) in [6, 6.07) is 16.8. The number of carbonyl (C=O) groups excluding carboxylic acids is 2. The summed E-state index contributed by atoms with van der Waals surface area (Å²) >= 11 is 0. The van der Waals surface area contributed by atoms with Gasteiger partial charge in [-0.1, -0.05) is 62.4 Å². The number of hydrogen-bond acceptors (Lipinski definition) is 5. The third-order valence-corrected chi connectivity index (χ3v) is 9.71. The quantitative estimate of drug-likeness (QED) is 0.713. The van der Waals surface area contributed by atoms with E-state index in [0.29, 0.717) is 24.2 Å². The Morgan fingerprint density at radius 1 is 1.06 bits per heavy atom. The molecule has 1 amide bonds. The second-order valence-corrected chi connectivity index (χ2v) is 12.0. The smallest absolute Gasteiger partial charge is 0.267 e. The number of benzodiazepines with no additional fused rings is 1. The Labute approximate surface area is 200 Å². The fourth-order valence-electron chi connectivity index (χ4n) is 6.07. The lowest BCUT2D eigenvalue weighted by Gasteiger charge is -2.36. The van der Waals surface area contributed by atoms with Crippen LogP contribution >= 0.6 is 0 Å². The molecule has 1 heterocycles. The first-order valence-electron chi connectivity index (χ1n) is 11.6. The molecule has 2 aromatic rings. The monoisotopic (exact) mass is 479 g/mol. The van der Waals surface area contributed by atoms with E-state index >= 15 is 0 Å². The number of nitrogens with one attached hydrogen (secondary N) is 1. The zero-order chi connectivity index (χ0) is 24.3. The fourth-order valence-corrected chi connectivity index (χ4v) is 7.97. The van der Waals surface area contributed by atoms with Gasteiger partial charge in [0.1, 0.15) is 5.78 Å². The van der Waals surface area contributed by atoms with Crippen molar-refractivity contribution in [3.63, 3.8) is 0 Å². The van der Waals surface area contributed by atoms with Gasteiger partial charge in [-0.3, -0.25) is 14.6 Å². The average Bonchev–Trinajstić information content (AvgIpc) is 3.10. The maximum Gasteiger partial charge on any atom is 0.267 e. The van der Waals surface area contributed by atoms with Crippen molar-refractivity contribution < 1.29 is 18.0 Å². The second kappa shape index (κ2) is 7.85. The minimum absolute atomic E-state index is 0.0179. The summed E-state index contributed by atoms with van der Waals surface area (Å²) in [7, 11) is -2.38. The summed E-state index contributed by atoms with van der Waals surface area (Å²) in [6.07, 6.45) is 0.516. The molecule has 3 aliphatic rings. The molecular weight excluding hydrogens is 450 g/mol. The maximum absolute atomic E-state index is 13.4. The number of amides is 1. The molecule has 2 saturated carbocycles. The van der Waals surface area contributed by atoms with Crippen molar-refractivity contribution in [2.24, 2.45) is 21.7 Å². The van der Waals surface area contributed by atoms with Crippen molar-refractivity contribution >= 4 is 33.1 Å².